The number of amides is 3. The zero-order chi connectivity index (χ0) is 12.6. The molecule has 0 atom stereocenters. The molecule has 1 saturated heterocycles. The number of halogens is 1. The van der Waals surface area contributed by atoms with E-state index in [0.717, 1.165) is 8.69 Å². The van der Waals surface area contributed by atoms with Crippen LogP contribution in [0.15, 0.2) is 15.9 Å². The lowest BCUT2D eigenvalue weighted by molar-refractivity contribution is -0.125. The van der Waals surface area contributed by atoms with Gasteiger partial charge in [-0.1, -0.05) is 0 Å². The van der Waals surface area contributed by atoms with Crippen LogP contribution in [0.3, 0.4) is 0 Å². The molecule has 0 unspecified atom stereocenters. The molecule has 0 bridgehead atoms. The molecule has 1 fully saturated rings. The second-order valence-corrected chi connectivity index (χ2v) is 6.11. The molecule has 1 aliphatic heterocycles. The fraction of sp³-hybridized carbons (Fsp3) is 0.300. The number of imide groups is 1. The zero-order valence-corrected chi connectivity index (χ0v) is 11.4. The second-order valence-electron chi connectivity index (χ2n) is 3.65. The summed E-state index contributed by atoms with van der Waals surface area (Å²) < 4.78 is 0.844. The molecule has 90 valence electrons. The topological polar surface area (TPSA) is 57.7 Å². The quantitative estimate of drug-likeness (QED) is 0.628. The second kappa shape index (κ2) is 4.58. The van der Waals surface area contributed by atoms with Gasteiger partial charge in [0.05, 0.1) is 15.2 Å². The predicted octanol–water partition coefficient (Wildman–Crippen LogP) is 1.59. The molecule has 0 saturated carbocycles. The van der Waals surface area contributed by atoms with Crippen molar-refractivity contribution in [3.05, 3.63) is 20.8 Å². The van der Waals surface area contributed by atoms with E-state index in [1.807, 2.05) is 0 Å². The molecule has 0 aliphatic carbocycles. The minimum Gasteiger partial charge on any atom is -0.318 e. The smallest absolute Gasteiger partial charge is 0.318 e. The van der Waals surface area contributed by atoms with E-state index in [-0.39, 0.29) is 24.8 Å². The van der Waals surface area contributed by atoms with Crippen molar-refractivity contribution in [2.75, 3.05) is 20.1 Å². The SMILES string of the molecule is CN1CC(=O)N(CC(=O)c2ccc(Br)s2)C1=O. The number of nitrogens with zero attached hydrogens (tertiary/aromatic N) is 2. The maximum Gasteiger partial charge on any atom is 0.327 e. The highest BCUT2D eigenvalue weighted by molar-refractivity contribution is 9.11. The van der Waals surface area contributed by atoms with Crippen LogP contribution in [0.4, 0.5) is 4.79 Å². The number of rotatable bonds is 3. The summed E-state index contributed by atoms with van der Waals surface area (Å²) in [5.74, 6) is -0.556. The molecule has 2 heterocycles. The van der Waals surface area contributed by atoms with Crippen LogP contribution < -0.4 is 0 Å². The number of urea groups is 1. The highest BCUT2D eigenvalue weighted by atomic mass is 79.9. The van der Waals surface area contributed by atoms with E-state index in [1.165, 1.54) is 23.3 Å². The average Bonchev–Trinajstić information content (AvgIpc) is 2.79. The molecule has 2 rings (SSSR count). The van der Waals surface area contributed by atoms with Gasteiger partial charge in [-0.2, -0.15) is 0 Å². The Labute approximate surface area is 110 Å². The molecule has 7 heteroatoms. The van der Waals surface area contributed by atoms with E-state index in [1.54, 1.807) is 12.1 Å². The third-order valence-corrected chi connectivity index (χ3v) is 4.05. The fourth-order valence-electron chi connectivity index (χ4n) is 1.51. The van der Waals surface area contributed by atoms with Gasteiger partial charge in [-0.15, -0.1) is 11.3 Å². The summed E-state index contributed by atoms with van der Waals surface area (Å²) in [4.78, 5) is 37.7. The molecular weight excluding hydrogens is 308 g/mol. The lowest BCUT2D eigenvalue weighted by Crippen LogP contribution is -2.35. The van der Waals surface area contributed by atoms with Gasteiger partial charge in [0.25, 0.3) is 5.91 Å². The van der Waals surface area contributed by atoms with Crippen LogP contribution in [0.25, 0.3) is 0 Å². The molecule has 0 radical (unpaired) electrons. The van der Waals surface area contributed by atoms with Crippen molar-refractivity contribution < 1.29 is 14.4 Å². The van der Waals surface area contributed by atoms with Crippen LogP contribution in [0.2, 0.25) is 0 Å². The number of hydrogen-bond donors (Lipinski definition) is 0. The Kier molecular flexibility index (Phi) is 3.30. The molecule has 0 aromatic carbocycles. The summed E-state index contributed by atoms with van der Waals surface area (Å²) in [6, 6.07) is 3.02. The van der Waals surface area contributed by atoms with Crippen LogP contribution >= 0.6 is 27.3 Å². The fourth-order valence-corrected chi connectivity index (χ4v) is 2.83. The van der Waals surface area contributed by atoms with E-state index in [2.05, 4.69) is 15.9 Å². The van der Waals surface area contributed by atoms with Crippen LogP contribution in [-0.2, 0) is 4.79 Å². The summed E-state index contributed by atoms with van der Waals surface area (Å²) in [6.07, 6.45) is 0. The molecule has 1 aromatic rings. The van der Waals surface area contributed by atoms with E-state index < -0.39 is 6.03 Å². The van der Waals surface area contributed by atoms with E-state index >= 15 is 0 Å². The van der Waals surface area contributed by atoms with Crippen molar-refractivity contribution in [2.24, 2.45) is 0 Å². The van der Waals surface area contributed by atoms with Gasteiger partial charge >= 0.3 is 6.03 Å². The van der Waals surface area contributed by atoms with Gasteiger partial charge in [0, 0.05) is 7.05 Å². The normalized spacial score (nSPS) is 15.9. The van der Waals surface area contributed by atoms with Gasteiger partial charge in [-0.05, 0) is 28.1 Å². The number of Topliss-reactive ketones (excluding diaryl/α,β-unsaturated/α-hetero) is 1. The Bertz CT molecular complexity index is 499. The lowest BCUT2D eigenvalue weighted by atomic mass is 10.3. The van der Waals surface area contributed by atoms with Crippen molar-refractivity contribution in [3.8, 4) is 0 Å². The molecule has 17 heavy (non-hydrogen) atoms. The predicted molar refractivity (Wildman–Crippen MR) is 66.1 cm³/mol. The summed E-state index contributed by atoms with van der Waals surface area (Å²) in [6.45, 7) is -0.144. The Morgan fingerprint density at radius 1 is 1.47 bits per heavy atom. The number of carbonyl (C=O) groups is 3. The molecule has 0 spiro atoms. The van der Waals surface area contributed by atoms with Crippen LogP contribution in [0.5, 0.6) is 0 Å². The standard InChI is InChI=1S/C10H9BrN2O3S/c1-12-5-9(15)13(10(12)16)4-6(14)7-2-3-8(11)17-7/h2-3H,4-5H2,1H3. The minimum atomic E-state index is -0.418. The first-order valence-electron chi connectivity index (χ1n) is 4.83. The highest BCUT2D eigenvalue weighted by Gasteiger charge is 2.35. The van der Waals surface area contributed by atoms with E-state index in [0.29, 0.717) is 4.88 Å². The maximum atomic E-state index is 11.8. The number of hydrogen-bond acceptors (Lipinski definition) is 4. The molecular formula is C10H9BrN2O3S. The molecule has 0 N–H and O–H groups in total. The maximum absolute atomic E-state index is 11.8. The molecule has 5 nitrogen and oxygen atoms in total. The monoisotopic (exact) mass is 316 g/mol. The first kappa shape index (κ1) is 12.3. The van der Waals surface area contributed by atoms with Gasteiger partial charge in [-0.3, -0.25) is 14.5 Å². The van der Waals surface area contributed by atoms with Crippen molar-refractivity contribution in [2.45, 2.75) is 0 Å². The summed E-state index contributed by atoms with van der Waals surface area (Å²) in [7, 11) is 1.53. The van der Waals surface area contributed by atoms with Crippen molar-refractivity contribution in [1.29, 1.82) is 0 Å². The Morgan fingerprint density at radius 2 is 2.18 bits per heavy atom. The van der Waals surface area contributed by atoms with E-state index in [9.17, 15) is 14.4 Å². The largest absolute Gasteiger partial charge is 0.327 e. The first-order chi connectivity index (χ1) is 7.99. The number of thiophene rings is 1. The van der Waals surface area contributed by atoms with Crippen LogP contribution in [0.1, 0.15) is 9.67 Å². The van der Waals surface area contributed by atoms with Crippen molar-refractivity contribution in [1.82, 2.24) is 9.80 Å². The van der Waals surface area contributed by atoms with Crippen LogP contribution in [-0.4, -0.2) is 47.7 Å². The minimum absolute atomic E-state index is 0.0419. The number of carbonyl (C=O) groups excluding carboxylic acids is 3. The summed E-state index contributed by atoms with van der Waals surface area (Å²) in [5.41, 5.74) is 0. The number of ketones is 1. The summed E-state index contributed by atoms with van der Waals surface area (Å²) in [5, 5.41) is 0. The van der Waals surface area contributed by atoms with Crippen molar-refractivity contribution >= 4 is 45.0 Å². The Balaban J connectivity index is 2.09. The molecule has 1 aliphatic rings. The first-order valence-corrected chi connectivity index (χ1v) is 6.44. The highest BCUT2D eigenvalue weighted by Crippen LogP contribution is 2.23. The molecule has 1 aromatic heterocycles. The van der Waals surface area contributed by atoms with E-state index in [4.69, 9.17) is 0 Å². The average molecular weight is 317 g/mol. The van der Waals surface area contributed by atoms with Crippen molar-refractivity contribution in [3.63, 3.8) is 0 Å². The van der Waals surface area contributed by atoms with Gasteiger partial charge in [0.15, 0.2) is 5.78 Å². The van der Waals surface area contributed by atoms with Crippen LogP contribution in [0, 0.1) is 0 Å². The van der Waals surface area contributed by atoms with Gasteiger partial charge in [0.2, 0.25) is 0 Å². The van der Waals surface area contributed by atoms with Gasteiger partial charge in [0.1, 0.15) is 6.54 Å². The summed E-state index contributed by atoms with van der Waals surface area (Å²) >= 11 is 4.54. The Hall–Kier alpha value is -1.21. The van der Waals surface area contributed by atoms with Gasteiger partial charge in [-0.25, -0.2) is 4.79 Å². The third kappa shape index (κ3) is 2.39. The number of likely N-dealkylation sites (N-methyl/N-ethyl adjacent to an activating group) is 1. The van der Waals surface area contributed by atoms with Gasteiger partial charge < -0.3 is 4.90 Å². The lowest BCUT2D eigenvalue weighted by Gasteiger charge is -2.12. The zero-order valence-electron chi connectivity index (χ0n) is 8.97. The third-order valence-electron chi connectivity index (χ3n) is 2.38. The Morgan fingerprint density at radius 3 is 2.65 bits per heavy atom. The molecule has 3 amide bonds.